The molecule has 3 aliphatic rings. The van der Waals surface area contributed by atoms with Crippen LogP contribution in [0.15, 0.2) is 18.2 Å². The van der Waals surface area contributed by atoms with Gasteiger partial charge in [0.2, 0.25) is 0 Å². The number of nitrogens with two attached hydrogens (primary N) is 1. The number of hydrogen-bond acceptors (Lipinski definition) is 3. The van der Waals surface area contributed by atoms with Crippen molar-refractivity contribution in [2.24, 2.45) is 5.73 Å². The van der Waals surface area contributed by atoms with Gasteiger partial charge in [0.15, 0.2) is 0 Å². The number of nitrogens with zero attached hydrogens (tertiary/aromatic N) is 1. The van der Waals surface area contributed by atoms with Crippen molar-refractivity contribution in [2.45, 2.75) is 43.4 Å². The standard InChI is InChI=1S/C15H19FN2O/c16-10-1-4-12-13(17)8-15(19-14(12)7-10)5-6-18(9-15)11-2-3-11/h1,4,7,11,13H,2-3,5-6,8-9,17H2. The first kappa shape index (κ1) is 11.7. The monoisotopic (exact) mass is 262 g/mol. The lowest BCUT2D eigenvalue weighted by Crippen LogP contribution is -2.45. The van der Waals surface area contributed by atoms with Crippen LogP contribution in [0.3, 0.4) is 0 Å². The van der Waals surface area contributed by atoms with Crippen LogP contribution in [0.2, 0.25) is 0 Å². The van der Waals surface area contributed by atoms with E-state index < -0.39 is 0 Å². The Kier molecular flexibility index (Phi) is 2.42. The maximum atomic E-state index is 13.4. The predicted molar refractivity (Wildman–Crippen MR) is 70.5 cm³/mol. The van der Waals surface area contributed by atoms with E-state index in [2.05, 4.69) is 4.90 Å². The molecule has 1 saturated carbocycles. The molecular formula is C15H19FN2O. The van der Waals surface area contributed by atoms with Gasteiger partial charge in [-0.3, -0.25) is 4.90 Å². The second kappa shape index (κ2) is 3.93. The van der Waals surface area contributed by atoms with Crippen LogP contribution in [-0.4, -0.2) is 29.6 Å². The number of rotatable bonds is 1. The molecule has 1 aromatic rings. The number of ether oxygens (including phenoxy) is 1. The van der Waals surface area contributed by atoms with Crippen molar-refractivity contribution >= 4 is 0 Å². The van der Waals surface area contributed by atoms with Crippen molar-refractivity contribution < 1.29 is 9.13 Å². The zero-order chi connectivity index (χ0) is 13.0. The molecule has 2 N–H and O–H groups in total. The summed E-state index contributed by atoms with van der Waals surface area (Å²) < 4.78 is 19.6. The number of likely N-dealkylation sites (tertiary alicyclic amines) is 1. The Labute approximate surface area is 112 Å². The van der Waals surface area contributed by atoms with Crippen LogP contribution in [0.1, 0.15) is 37.3 Å². The second-order valence-electron chi connectivity index (χ2n) is 6.23. The molecule has 0 amide bonds. The highest BCUT2D eigenvalue weighted by Gasteiger charge is 2.48. The smallest absolute Gasteiger partial charge is 0.127 e. The molecule has 2 heterocycles. The van der Waals surface area contributed by atoms with Gasteiger partial charge in [0.05, 0.1) is 0 Å². The van der Waals surface area contributed by atoms with Crippen molar-refractivity contribution in [3.63, 3.8) is 0 Å². The summed E-state index contributed by atoms with van der Waals surface area (Å²) in [5.74, 6) is 0.399. The number of benzene rings is 1. The normalized spacial score (nSPS) is 34.3. The molecule has 4 rings (SSSR count). The molecule has 0 radical (unpaired) electrons. The van der Waals surface area contributed by atoms with Gasteiger partial charge in [-0.2, -0.15) is 0 Å². The van der Waals surface area contributed by atoms with Crippen LogP contribution < -0.4 is 10.5 Å². The number of halogens is 1. The van der Waals surface area contributed by atoms with Gasteiger partial charge in [-0.1, -0.05) is 6.07 Å². The summed E-state index contributed by atoms with van der Waals surface area (Å²) in [7, 11) is 0. The Hall–Kier alpha value is -1.13. The predicted octanol–water partition coefficient (Wildman–Crippen LogP) is 2.21. The third-order valence-electron chi connectivity index (χ3n) is 4.70. The lowest BCUT2D eigenvalue weighted by molar-refractivity contribution is 0.0430. The Bertz CT molecular complexity index is 517. The molecule has 1 aliphatic carbocycles. The van der Waals surface area contributed by atoms with E-state index in [-0.39, 0.29) is 17.5 Å². The highest BCUT2D eigenvalue weighted by Crippen LogP contribution is 2.45. The molecule has 1 spiro atoms. The lowest BCUT2D eigenvalue weighted by Gasteiger charge is -2.38. The van der Waals surface area contributed by atoms with E-state index >= 15 is 0 Å². The Morgan fingerprint density at radius 1 is 1.37 bits per heavy atom. The summed E-state index contributed by atoms with van der Waals surface area (Å²) in [6.07, 6.45) is 4.47. The molecule has 2 unspecified atom stereocenters. The molecule has 2 aliphatic heterocycles. The SMILES string of the molecule is NC1CC2(CCN(C3CC3)C2)Oc2cc(F)ccc21. The third kappa shape index (κ3) is 1.94. The summed E-state index contributed by atoms with van der Waals surface area (Å²) in [6, 6.07) is 5.42. The average Bonchev–Trinajstić information content (AvgIpc) is 3.13. The largest absolute Gasteiger partial charge is 0.485 e. The van der Waals surface area contributed by atoms with Gasteiger partial charge in [0, 0.05) is 49.6 Å². The second-order valence-corrected chi connectivity index (χ2v) is 6.23. The minimum atomic E-state index is -0.250. The molecule has 0 aromatic heterocycles. The molecular weight excluding hydrogens is 243 g/mol. The highest BCUT2D eigenvalue weighted by molar-refractivity contribution is 5.39. The molecule has 102 valence electrons. The van der Waals surface area contributed by atoms with Crippen LogP contribution in [0, 0.1) is 5.82 Å². The summed E-state index contributed by atoms with van der Waals surface area (Å²) >= 11 is 0. The van der Waals surface area contributed by atoms with Crippen LogP contribution in [-0.2, 0) is 0 Å². The molecule has 4 heteroatoms. The summed E-state index contributed by atoms with van der Waals surface area (Å²) in [5.41, 5.74) is 7.02. The fourth-order valence-corrected chi connectivity index (χ4v) is 3.57. The third-order valence-corrected chi connectivity index (χ3v) is 4.70. The molecule has 19 heavy (non-hydrogen) atoms. The Balaban J connectivity index is 1.63. The minimum absolute atomic E-state index is 0.0384. The van der Waals surface area contributed by atoms with E-state index in [1.807, 2.05) is 0 Å². The van der Waals surface area contributed by atoms with Gasteiger partial charge >= 0.3 is 0 Å². The first-order valence-corrected chi connectivity index (χ1v) is 7.13. The van der Waals surface area contributed by atoms with Crippen molar-refractivity contribution in [2.75, 3.05) is 13.1 Å². The average molecular weight is 262 g/mol. The lowest BCUT2D eigenvalue weighted by atomic mass is 9.87. The van der Waals surface area contributed by atoms with E-state index in [0.717, 1.165) is 37.5 Å². The van der Waals surface area contributed by atoms with Crippen LogP contribution >= 0.6 is 0 Å². The van der Waals surface area contributed by atoms with E-state index in [1.54, 1.807) is 6.07 Å². The minimum Gasteiger partial charge on any atom is -0.485 e. The quantitative estimate of drug-likeness (QED) is 0.843. The maximum absolute atomic E-state index is 13.4. The zero-order valence-electron chi connectivity index (χ0n) is 10.9. The van der Waals surface area contributed by atoms with E-state index in [9.17, 15) is 4.39 Å². The van der Waals surface area contributed by atoms with Crippen molar-refractivity contribution in [1.82, 2.24) is 4.90 Å². The highest BCUT2D eigenvalue weighted by atomic mass is 19.1. The fourth-order valence-electron chi connectivity index (χ4n) is 3.57. The Morgan fingerprint density at radius 3 is 3.00 bits per heavy atom. The molecule has 2 fully saturated rings. The molecule has 0 bridgehead atoms. The van der Waals surface area contributed by atoms with Gasteiger partial charge in [-0.05, 0) is 18.9 Å². The number of fused-ring (bicyclic) bond motifs is 1. The van der Waals surface area contributed by atoms with Gasteiger partial charge in [0.1, 0.15) is 17.2 Å². The summed E-state index contributed by atoms with van der Waals surface area (Å²) in [4.78, 5) is 2.51. The molecule has 1 aromatic carbocycles. The van der Waals surface area contributed by atoms with Crippen molar-refractivity contribution in [1.29, 1.82) is 0 Å². The van der Waals surface area contributed by atoms with Crippen LogP contribution in [0.25, 0.3) is 0 Å². The molecule has 2 atom stereocenters. The van der Waals surface area contributed by atoms with Crippen LogP contribution in [0.5, 0.6) is 5.75 Å². The summed E-state index contributed by atoms with van der Waals surface area (Å²) in [5, 5.41) is 0. The van der Waals surface area contributed by atoms with Crippen LogP contribution in [0.4, 0.5) is 4.39 Å². The fraction of sp³-hybridized carbons (Fsp3) is 0.600. The molecule has 1 saturated heterocycles. The van der Waals surface area contributed by atoms with E-state index in [4.69, 9.17) is 10.5 Å². The Morgan fingerprint density at radius 2 is 2.21 bits per heavy atom. The number of hydrogen-bond donors (Lipinski definition) is 1. The van der Waals surface area contributed by atoms with Gasteiger partial charge < -0.3 is 10.5 Å². The van der Waals surface area contributed by atoms with Gasteiger partial charge in [-0.15, -0.1) is 0 Å². The topological polar surface area (TPSA) is 38.5 Å². The first-order valence-electron chi connectivity index (χ1n) is 7.13. The van der Waals surface area contributed by atoms with E-state index in [0.29, 0.717) is 5.75 Å². The van der Waals surface area contributed by atoms with E-state index in [1.165, 1.54) is 25.0 Å². The van der Waals surface area contributed by atoms with Gasteiger partial charge in [0.25, 0.3) is 0 Å². The van der Waals surface area contributed by atoms with Gasteiger partial charge in [-0.25, -0.2) is 4.39 Å². The summed E-state index contributed by atoms with van der Waals surface area (Å²) in [6.45, 7) is 2.03. The molecule has 3 nitrogen and oxygen atoms in total. The van der Waals surface area contributed by atoms with Crippen molar-refractivity contribution in [3.05, 3.63) is 29.6 Å². The maximum Gasteiger partial charge on any atom is 0.127 e. The first-order chi connectivity index (χ1) is 9.15. The zero-order valence-corrected chi connectivity index (χ0v) is 10.9. The van der Waals surface area contributed by atoms with Crippen molar-refractivity contribution in [3.8, 4) is 5.75 Å².